The van der Waals surface area contributed by atoms with E-state index in [-0.39, 0.29) is 24.7 Å². The van der Waals surface area contributed by atoms with E-state index in [4.69, 9.17) is 9.84 Å². The van der Waals surface area contributed by atoms with Gasteiger partial charge in [0.2, 0.25) is 0 Å². The molecule has 0 spiro atoms. The molecule has 0 saturated carbocycles. The highest BCUT2D eigenvalue weighted by Crippen LogP contribution is 2.28. The average Bonchev–Trinajstić information content (AvgIpc) is 3.30. The van der Waals surface area contributed by atoms with Gasteiger partial charge in [-0.25, -0.2) is 0 Å². The average molecular weight is 332 g/mol. The van der Waals surface area contributed by atoms with Crippen LogP contribution < -0.4 is 0 Å². The zero-order valence-electron chi connectivity index (χ0n) is 14.3. The molecule has 1 saturated heterocycles. The van der Waals surface area contributed by atoms with Crippen LogP contribution in [0.3, 0.4) is 0 Å². The highest BCUT2D eigenvalue weighted by atomic mass is 16.6. The molecule has 0 aromatic carbocycles. The van der Waals surface area contributed by atoms with Gasteiger partial charge in [0.15, 0.2) is 0 Å². The number of hydrogen-bond donors (Lipinski definition) is 2. The second-order valence-electron chi connectivity index (χ2n) is 5.65. The third-order valence-electron chi connectivity index (χ3n) is 3.54. The molecule has 3 atom stereocenters. The first-order valence-electron chi connectivity index (χ1n) is 8.52. The molecule has 1 aliphatic heterocycles. The number of carboxylic acid groups (broad SMARTS) is 1. The summed E-state index contributed by atoms with van der Waals surface area (Å²) in [5.41, 5.74) is 0. The van der Waals surface area contributed by atoms with Gasteiger partial charge in [0, 0.05) is 6.42 Å². The van der Waals surface area contributed by atoms with E-state index in [1.54, 1.807) is 6.08 Å². The van der Waals surface area contributed by atoms with Crippen molar-refractivity contribution in [3.05, 3.63) is 60.8 Å². The fraction of sp³-hybridized carbons (Fsp3) is 0.450. The van der Waals surface area contributed by atoms with Gasteiger partial charge in [0.05, 0.1) is 12.2 Å². The third kappa shape index (κ3) is 10.8. The van der Waals surface area contributed by atoms with Gasteiger partial charge in [0.1, 0.15) is 6.10 Å². The Morgan fingerprint density at radius 2 is 1.83 bits per heavy atom. The highest BCUT2D eigenvalue weighted by Gasteiger charge is 2.35. The molecule has 132 valence electrons. The maximum atomic E-state index is 10.4. The number of epoxide rings is 1. The first-order valence-corrected chi connectivity index (χ1v) is 8.52. The van der Waals surface area contributed by atoms with Crippen LogP contribution in [0.5, 0.6) is 0 Å². The minimum absolute atomic E-state index is 0.139. The summed E-state index contributed by atoms with van der Waals surface area (Å²) in [5.74, 6) is -0.748. The fourth-order valence-electron chi connectivity index (χ4n) is 2.04. The Balaban J connectivity index is 2.06. The summed E-state index contributed by atoms with van der Waals surface area (Å²) in [6.45, 7) is 1.94. The molecular formula is C20H28O4. The molecule has 0 aliphatic carbocycles. The predicted octanol–water partition coefficient (Wildman–Crippen LogP) is 3.95. The number of allylic oxidation sites excluding steroid dienone is 8. The van der Waals surface area contributed by atoms with Crippen LogP contribution in [-0.2, 0) is 9.53 Å². The van der Waals surface area contributed by atoms with Crippen LogP contribution in [0.2, 0.25) is 0 Å². The minimum Gasteiger partial charge on any atom is -0.481 e. The van der Waals surface area contributed by atoms with Gasteiger partial charge in [-0.1, -0.05) is 67.7 Å². The summed E-state index contributed by atoms with van der Waals surface area (Å²) in [5, 5.41) is 17.9. The molecule has 0 bridgehead atoms. The molecule has 24 heavy (non-hydrogen) atoms. The molecule has 0 aromatic rings. The van der Waals surface area contributed by atoms with E-state index in [0.29, 0.717) is 6.42 Å². The molecule has 4 heteroatoms. The molecule has 0 amide bonds. The van der Waals surface area contributed by atoms with Crippen LogP contribution in [0.25, 0.3) is 0 Å². The largest absolute Gasteiger partial charge is 0.481 e. The van der Waals surface area contributed by atoms with Gasteiger partial charge >= 0.3 is 5.97 Å². The van der Waals surface area contributed by atoms with E-state index in [0.717, 1.165) is 19.3 Å². The van der Waals surface area contributed by atoms with Gasteiger partial charge in [-0.3, -0.25) is 4.79 Å². The molecule has 1 aliphatic rings. The summed E-state index contributed by atoms with van der Waals surface area (Å²) in [7, 11) is 0. The molecule has 1 fully saturated rings. The van der Waals surface area contributed by atoms with Gasteiger partial charge in [-0.15, -0.1) is 0 Å². The second kappa shape index (κ2) is 12.5. The first-order chi connectivity index (χ1) is 11.6. The van der Waals surface area contributed by atoms with Crippen molar-refractivity contribution in [2.45, 2.75) is 57.3 Å². The number of aliphatic hydroxyl groups is 1. The molecule has 0 unspecified atom stereocenters. The van der Waals surface area contributed by atoms with Crippen molar-refractivity contribution in [2.75, 3.05) is 0 Å². The van der Waals surface area contributed by atoms with Crippen molar-refractivity contribution < 1.29 is 19.7 Å². The van der Waals surface area contributed by atoms with Crippen LogP contribution in [-0.4, -0.2) is 34.5 Å². The molecular weight excluding hydrogens is 304 g/mol. The third-order valence-corrected chi connectivity index (χ3v) is 3.54. The number of carbonyl (C=O) groups is 1. The highest BCUT2D eigenvalue weighted by molar-refractivity contribution is 5.66. The van der Waals surface area contributed by atoms with Gasteiger partial charge < -0.3 is 14.9 Å². The van der Waals surface area contributed by atoms with Crippen molar-refractivity contribution in [1.29, 1.82) is 0 Å². The number of aliphatic carboxylic acids is 1. The summed E-state index contributed by atoms with van der Waals surface area (Å²) >= 11 is 0. The Bertz CT molecular complexity index is 500. The summed E-state index contributed by atoms with van der Waals surface area (Å²) in [6, 6.07) is 0. The Morgan fingerprint density at radius 1 is 1.12 bits per heavy atom. The second-order valence-corrected chi connectivity index (χ2v) is 5.65. The van der Waals surface area contributed by atoms with Gasteiger partial charge in [0.25, 0.3) is 0 Å². The molecule has 1 rings (SSSR count). The standard InChI is InChI=1S/C20H28O4/c1-2-17(21)13-10-8-6-4-3-5-7-9-11-14-18-19(24-18)15-12-16-20(22)23/h3,5-11,13-14,17-19,21H,2,4,12,15-16H2,1H3,(H,22,23)/b5-3-,8-6-,9-7+,13-10+,14-11+/t17-,18+,19-/m1/s1. The normalized spacial score (nSPS) is 22.6. The van der Waals surface area contributed by atoms with Crippen LogP contribution >= 0.6 is 0 Å². The van der Waals surface area contributed by atoms with Crippen LogP contribution in [0.4, 0.5) is 0 Å². The first kappa shape index (κ1) is 20.1. The Morgan fingerprint density at radius 3 is 2.54 bits per heavy atom. The zero-order valence-corrected chi connectivity index (χ0v) is 14.3. The van der Waals surface area contributed by atoms with Crippen molar-refractivity contribution >= 4 is 5.97 Å². The van der Waals surface area contributed by atoms with Crippen LogP contribution in [0.1, 0.15) is 39.0 Å². The van der Waals surface area contributed by atoms with Crippen LogP contribution in [0, 0.1) is 0 Å². The fourth-order valence-corrected chi connectivity index (χ4v) is 2.04. The van der Waals surface area contributed by atoms with Crippen molar-refractivity contribution in [1.82, 2.24) is 0 Å². The predicted molar refractivity (Wildman–Crippen MR) is 96.8 cm³/mol. The number of hydrogen-bond acceptors (Lipinski definition) is 3. The van der Waals surface area contributed by atoms with E-state index < -0.39 is 5.97 Å². The monoisotopic (exact) mass is 332 g/mol. The SMILES string of the molecule is CC[C@@H](O)/C=C/C=C\C\C=C/C=C/C=C/[C@@H]1O[C@@H]1CCCC(=O)O. The summed E-state index contributed by atoms with van der Waals surface area (Å²) in [4.78, 5) is 10.4. The lowest BCUT2D eigenvalue weighted by atomic mass is 10.1. The zero-order chi connectivity index (χ0) is 17.6. The van der Waals surface area contributed by atoms with Crippen LogP contribution in [0.15, 0.2) is 60.8 Å². The molecule has 2 N–H and O–H groups in total. The topological polar surface area (TPSA) is 70.1 Å². The lowest BCUT2D eigenvalue weighted by Gasteiger charge is -1.95. The van der Waals surface area contributed by atoms with E-state index in [1.807, 2.05) is 61.6 Å². The molecule has 0 aromatic heterocycles. The lowest BCUT2D eigenvalue weighted by Crippen LogP contribution is -1.97. The molecule has 4 nitrogen and oxygen atoms in total. The van der Waals surface area contributed by atoms with Crippen molar-refractivity contribution in [3.63, 3.8) is 0 Å². The van der Waals surface area contributed by atoms with E-state index in [2.05, 4.69) is 0 Å². The Kier molecular flexibility index (Phi) is 10.5. The van der Waals surface area contributed by atoms with Gasteiger partial charge in [-0.2, -0.15) is 0 Å². The van der Waals surface area contributed by atoms with Gasteiger partial charge in [-0.05, 0) is 25.7 Å². The van der Waals surface area contributed by atoms with Crippen molar-refractivity contribution in [2.24, 2.45) is 0 Å². The lowest BCUT2D eigenvalue weighted by molar-refractivity contribution is -0.137. The van der Waals surface area contributed by atoms with E-state index >= 15 is 0 Å². The maximum absolute atomic E-state index is 10.4. The Hall–Kier alpha value is -1.91. The number of carboxylic acids is 1. The van der Waals surface area contributed by atoms with E-state index in [1.165, 1.54) is 0 Å². The quantitative estimate of drug-likeness (QED) is 0.419. The number of aliphatic hydroxyl groups excluding tert-OH is 1. The van der Waals surface area contributed by atoms with E-state index in [9.17, 15) is 9.90 Å². The Labute approximate surface area is 144 Å². The molecule has 1 heterocycles. The summed E-state index contributed by atoms with van der Waals surface area (Å²) in [6.07, 6.45) is 22.7. The molecule has 0 radical (unpaired) electrons. The summed E-state index contributed by atoms with van der Waals surface area (Å²) < 4.78 is 5.44. The number of ether oxygens (including phenoxy) is 1. The minimum atomic E-state index is -0.748. The maximum Gasteiger partial charge on any atom is 0.303 e. The number of rotatable bonds is 12. The van der Waals surface area contributed by atoms with Crippen molar-refractivity contribution in [3.8, 4) is 0 Å². The smallest absolute Gasteiger partial charge is 0.303 e.